The number of aryl methyl sites for hydroxylation is 1. The topological polar surface area (TPSA) is 76.5 Å². The largest absolute Gasteiger partial charge is 0.508 e. The number of rotatable bonds is 5. The van der Waals surface area contributed by atoms with Crippen molar-refractivity contribution < 1.29 is 19.7 Å². The molecule has 2 saturated heterocycles. The van der Waals surface area contributed by atoms with Crippen molar-refractivity contribution >= 4 is 11.8 Å². The zero-order valence-corrected chi connectivity index (χ0v) is 26.4. The maximum absolute atomic E-state index is 12.4. The van der Waals surface area contributed by atoms with E-state index < -0.39 is 11.2 Å². The van der Waals surface area contributed by atoms with Crippen LogP contribution in [0.5, 0.6) is 5.75 Å². The fraction of sp³-hybridized carbons (Fsp3) is 0.486. The quantitative estimate of drug-likeness (QED) is 0.368. The number of carbonyl (C=O) groups excluding carboxylic acids is 1. The summed E-state index contributed by atoms with van der Waals surface area (Å²) < 4.78 is 5.52. The first-order chi connectivity index (χ1) is 21.1. The van der Waals surface area contributed by atoms with E-state index in [1.807, 2.05) is 32.9 Å². The summed E-state index contributed by atoms with van der Waals surface area (Å²) in [7, 11) is 0. The van der Waals surface area contributed by atoms with Crippen LogP contribution in [-0.2, 0) is 11.2 Å². The number of ether oxygens (including phenoxy) is 1. The molecule has 0 spiro atoms. The van der Waals surface area contributed by atoms with Crippen molar-refractivity contribution in [2.75, 3.05) is 50.7 Å². The van der Waals surface area contributed by atoms with E-state index in [-0.39, 0.29) is 12.0 Å². The van der Waals surface area contributed by atoms with Crippen molar-refractivity contribution in [3.05, 3.63) is 95.1 Å². The van der Waals surface area contributed by atoms with Crippen molar-refractivity contribution in [3.63, 3.8) is 0 Å². The number of carbonyl (C=O) groups is 1. The lowest BCUT2D eigenvalue weighted by molar-refractivity contribution is -0.0507. The highest BCUT2D eigenvalue weighted by Crippen LogP contribution is 2.47. The number of hydrogen-bond donors (Lipinski definition) is 2. The number of anilines is 1. The van der Waals surface area contributed by atoms with Gasteiger partial charge in [0.1, 0.15) is 11.4 Å². The second kappa shape index (κ2) is 12.4. The number of aliphatic hydroxyl groups is 1. The molecule has 6 rings (SSSR count). The number of phenols is 1. The van der Waals surface area contributed by atoms with Crippen molar-refractivity contribution in [3.8, 4) is 5.75 Å². The zero-order valence-electron chi connectivity index (χ0n) is 26.4. The van der Waals surface area contributed by atoms with Crippen LogP contribution in [0.2, 0.25) is 0 Å². The van der Waals surface area contributed by atoms with Crippen LogP contribution in [0, 0.1) is 0 Å². The summed E-state index contributed by atoms with van der Waals surface area (Å²) in [5.41, 5.74) is 5.20. The maximum Gasteiger partial charge on any atom is 0.410 e. The maximum atomic E-state index is 12.4. The summed E-state index contributed by atoms with van der Waals surface area (Å²) in [5, 5.41) is 21.5. The molecule has 1 amide bonds. The highest BCUT2D eigenvalue weighted by molar-refractivity contribution is 5.68. The lowest BCUT2D eigenvalue weighted by Gasteiger charge is -2.43. The summed E-state index contributed by atoms with van der Waals surface area (Å²) in [6, 6.07) is 25.9. The van der Waals surface area contributed by atoms with E-state index in [0.717, 1.165) is 39.0 Å². The van der Waals surface area contributed by atoms with Gasteiger partial charge in [0.05, 0.1) is 5.60 Å². The fourth-order valence-corrected chi connectivity index (χ4v) is 7.34. The minimum Gasteiger partial charge on any atom is -0.508 e. The van der Waals surface area contributed by atoms with Crippen molar-refractivity contribution in [2.24, 2.45) is 0 Å². The number of likely N-dealkylation sites (tertiary alicyclic amines) is 1. The lowest BCUT2D eigenvalue weighted by Crippen LogP contribution is -2.56. The highest BCUT2D eigenvalue weighted by atomic mass is 16.6. The minimum absolute atomic E-state index is 0.245. The van der Waals surface area contributed by atoms with Crippen LogP contribution < -0.4 is 4.90 Å². The molecule has 2 heterocycles. The molecule has 2 atom stereocenters. The first-order valence-corrected chi connectivity index (χ1v) is 16.2. The summed E-state index contributed by atoms with van der Waals surface area (Å²) in [6.07, 6.45) is 2.88. The molecule has 0 radical (unpaired) electrons. The molecule has 3 aliphatic rings. The molecule has 2 aliphatic heterocycles. The molecular weight excluding hydrogens is 550 g/mol. The van der Waals surface area contributed by atoms with Gasteiger partial charge in [0, 0.05) is 57.4 Å². The molecule has 0 saturated carbocycles. The average Bonchev–Trinajstić information content (AvgIpc) is 3.01. The van der Waals surface area contributed by atoms with Gasteiger partial charge in [0.2, 0.25) is 0 Å². The molecule has 44 heavy (non-hydrogen) atoms. The molecule has 1 unspecified atom stereocenters. The van der Waals surface area contributed by atoms with Gasteiger partial charge >= 0.3 is 6.09 Å². The number of piperazine rings is 1. The summed E-state index contributed by atoms with van der Waals surface area (Å²) in [5.74, 6) is 0.980. The van der Waals surface area contributed by atoms with Crippen molar-refractivity contribution in [1.82, 2.24) is 9.80 Å². The molecule has 7 nitrogen and oxygen atoms in total. The van der Waals surface area contributed by atoms with Gasteiger partial charge in [-0.1, -0.05) is 48.5 Å². The molecule has 0 aromatic heterocycles. The first-order valence-electron chi connectivity index (χ1n) is 16.2. The highest BCUT2D eigenvalue weighted by Gasteiger charge is 2.37. The van der Waals surface area contributed by atoms with E-state index in [1.165, 1.54) is 27.9 Å². The van der Waals surface area contributed by atoms with E-state index in [9.17, 15) is 15.0 Å². The van der Waals surface area contributed by atoms with E-state index in [2.05, 4.69) is 70.5 Å². The Kier molecular flexibility index (Phi) is 8.62. The van der Waals surface area contributed by atoms with Gasteiger partial charge in [0.25, 0.3) is 0 Å². The second-order valence-corrected chi connectivity index (χ2v) is 14.0. The molecule has 3 aromatic carbocycles. The Morgan fingerprint density at radius 3 is 2.23 bits per heavy atom. The van der Waals surface area contributed by atoms with Gasteiger partial charge in [-0.15, -0.1) is 0 Å². The number of amides is 1. The number of benzene rings is 3. The monoisotopic (exact) mass is 597 g/mol. The first kappa shape index (κ1) is 30.5. The molecule has 1 aliphatic carbocycles. The normalized spacial score (nSPS) is 22.4. The van der Waals surface area contributed by atoms with E-state index in [4.69, 9.17) is 4.74 Å². The Balaban J connectivity index is 1.07. The SMILES string of the molecule is CC(C)(C)OC(=O)N1CCC(O)(CN2CCN(c3ccc(C4c5ccc(O)cc5CC[C@@H]4c4ccccc4)cc3)CC2)CC1. The number of phenolic OH excluding ortho intramolecular Hbond substituents is 1. The lowest BCUT2D eigenvalue weighted by atomic mass is 9.69. The van der Waals surface area contributed by atoms with Crippen LogP contribution in [0.4, 0.5) is 10.5 Å². The molecule has 3 aromatic rings. The van der Waals surface area contributed by atoms with Gasteiger partial charge in [-0.25, -0.2) is 4.79 Å². The van der Waals surface area contributed by atoms with Crippen LogP contribution in [0.1, 0.15) is 74.1 Å². The van der Waals surface area contributed by atoms with Gasteiger partial charge in [-0.3, -0.25) is 4.90 Å². The Morgan fingerprint density at radius 2 is 1.57 bits per heavy atom. The van der Waals surface area contributed by atoms with Crippen LogP contribution in [-0.4, -0.2) is 83.1 Å². The van der Waals surface area contributed by atoms with Crippen LogP contribution in [0.3, 0.4) is 0 Å². The number of hydrogen-bond acceptors (Lipinski definition) is 6. The molecular formula is C37H47N3O4. The predicted molar refractivity (Wildman–Crippen MR) is 175 cm³/mol. The average molecular weight is 598 g/mol. The number of piperidine rings is 1. The van der Waals surface area contributed by atoms with Gasteiger partial charge < -0.3 is 24.7 Å². The van der Waals surface area contributed by atoms with Gasteiger partial charge in [0.15, 0.2) is 0 Å². The Bertz CT molecular complexity index is 1420. The van der Waals surface area contributed by atoms with Crippen molar-refractivity contribution in [1.29, 1.82) is 0 Å². The molecule has 0 bridgehead atoms. The molecule has 2 fully saturated rings. The summed E-state index contributed by atoms with van der Waals surface area (Å²) in [6.45, 7) is 10.9. The third-order valence-electron chi connectivity index (χ3n) is 9.67. The van der Waals surface area contributed by atoms with Crippen LogP contribution >= 0.6 is 0 Å². The van der Waals surface area contributed by atoms with Gasteiger partial charge in [-0.05, 0) is 98.9 Å². The van der Waals surface area contributed by atoms with Crippen molar-refractivity contribution in [2.45, 2.75) is 69.5 Å². The molecule has 234 valence electrons. The third-order valence-corrected chi connectivity index (χ3v) is 9.67. The van der Waals surface area contributed by atoms with Crippen LogP contribution in [0.25, 0.3) is 0 Å². The number of β-amino-alcohol motifs (C(OH)–C–C–N with tert-alkyl or cyclic N) is 1. The molecule has 7 heteroatoms. The fourth-order valence-electron chi connectivity index (χ4n) is 7.34. The minimum atomic E-state index is -0.773. The predicted octanol–water partition coefficient (Wildman–Crippen LogP) is 6.14. The number of aromatic hydroxyl groups is 1. The second-order valence-electron chi connectivity index (χ2n) is 14.0. The Labute approximate surface area is 262 Å². The van der Waals surface area contributed by atoms with Crippen LogP contribution in [0.15, 0.2) is 72.8 Å². The van der Waals surface area contributed by atoms with E-state index in [1.54, 1.807) is 4.90 Å². The Hall–Kier alpha value is -3.55. The van der Waals surface area contributed by atoms with E-state index >= 15 is 0 Å². The van der Waals surface area contributed by atoms with Gasteiger partial charge in [-0.2, -0.15) is 0 Å². The third kappa shape index (κ3) is 6.89. The number of fused-ring (bicyclic) bond motifs is 1. The molecule has 2 N–H and O–H groups in total. The smallest absolute Gasteiger partial charge is 0.410 e. The number of nitrogens with zero attached hydrogens (tertiary/aromatic N) is 3. The standard InChI is InChI=1S/C37H47N3O4/c1-36(2,3)44-35(42)40-19-17-37(43,18-20-40)26-38-21-23-39(24-22-38)30-12-9-28(10-13-30)34-32(27-7-5-4-6-8-27)15-11-29-25-31(41)14-16-33(29)34/h4-10,12-14,16,25,32,34,41,43H,11,15,17-24,26H2,1-3H3/t32-,34?/m1/s1. The van der Waals surface area contributed by atoms with E-state index in [0.29, 0.717) is 44.1 Å². The zero-order chi connectivity index (χ0) is 30.9. The summed E-state index contributed by atoms with van der Waals surface area (Å²) in [4.78, 5) is 19.0. The summed E-state index contributed by atoms with van der Waals surface area (Å²) >= 11 is 0. The Morgan fingerprint density at radius 1 is 0.886 bits per heavy atom.